The molecule has 1 amide bonds. The number of carbonyl (C=O) groups excluding carboxylic acids is 1. The zero-order valence-electron chi connectivity index (χ0n) is 16.7. The number of hydrogen-bond donors (Lipinski definition) is 2. The van der Waals surface area contributed by atoms with Gasteiger partial charge >= 0.3 is 11.6 Å². The number of benzene rings is 1. The third-order valence-electron chi connectivity index (χ3n) is 3.97. The lowest BCUT2D eigenvalue weighted by Crippen LogP contribution is -2.40. The van der Waals surface area contributed by atoms with Crippen molar-refractivity contribution in [3.63, 3.8) is 0 Å². The minimum Gasteiger partial charge on any atom is -0.618 e. The predicted molar refractivity (Wildman–Crippen MR) is 97.9 cm³/mol. The van der Waals surface area contributed by atoms with Gasteiger partial charge in [-0.05, 0) is 24.9 Å². The van der Waals surface area contributed by atoms with Gasteiger partial charge in [-0.25, -0.2) is 0 Å². The predicted octanol–water partition coefficient (Wildman–Crippen LogP) is 2.57. The number of aryl methyl sites for hydroxylation is 1. The van der Waals surface area contributed by atoms with Gasteiger partial charge in [0.15, 0.2) is 6.20 Å². The van der Waals surface area contributed by atoms with E-state index >= 15 is 0 Å². The van der Waals surface area contributed by atoms with E-state index in [1.165, 1.54) is 12.4 Å². The SMILES string of the molecule is [2H]C([2H])([2H])c1ncccc1-c1cccc2c(N)c(C(=O)NCCC)[n+]([O-])cc12. The molecule has 2 heterocycles. The van der Waals surface area contributed by atoms with E-state index in [1.807, 2.05) is 6.92 Å². The molecule has 0 saturated carbocycles. The normalized spacial score (nSPS) is 13.1. The van der Waals surface area contributed by atoms with E-state index in [9.17, 15) is 10.0 Å². The molecule has 128 valence electrons. The average molecular weight is 339 g/mol. The average Bonchev–Trinajstić information content (AvgIpc) is 2.65. The van der Waals surface area contributed by atoms with Crippen molar-refractivity contribution >= 4 is 22.4 Å². The maximum Gasteiger partial charge on any atom is 0.319 e. The standard InChI is InChI=1S/C19H20N4O2/c1-3-9-22-19(24)18-17(20)15-7-4-6-14(16(15)11-23(18)25)13-8-5-10-21-12(13)2/h4-8,10-11H,3,9,20H2,1-2H3,(H,22,24)/i2D3. The van der Waals surface area contributed by atoms with E-state index < -0.39 is 12.8 Å². The van der Waals surface area contributed by atoms with Gasteiger partial charge in [0.2, 0.25) is 0 Å². The summed E-state index contributed by atoms with van der Waals surface area (Å²) in [5, 5.41) is 16.2. The highest BCUT2D eigenvalue weighted by Gasteiger charge is 2.24. The molecule has 0 fully saturated rings. The Bertz CT molecular complexity index is 1050. The second-order valence-electron chi connectivity index (χ2n) is 5.64. The molecule has 3 aromatic rings. The molecule has 0 bridgehead atoms. The van der Waals surface area contributed by atoms with Crippen molar-refractivity contribution in [1.82, 2.24) is 10.3 Å². The van der Waals surface area contributed by atoms with Crippen molar-refractivity contribution in [3.8, 4) is 11.1 Å². The molecular formula is C19H20N4O2. The fourth-order valence-electron chi connectivity index (χ4n) is 2.77. The number of nitrogens with two attached hydrogens (primary N) is 1. The highest BCUT2D eigenvalue weighted by Crippen LogP contribution is 2.32. The summed E-state index contributed by atoms with van der Waals surface area (Å²) in [5.74, 6) is -0.550. The molecular weight excluding hydrogens is 316 g/mol. The number of pyridine rings is 2. The van der Waals surface area contributed by atoms with E-state index in [0.717, 1.165) is 6.42 Å². The summed E-state index contributed by atoms with van der Waals surface area (Å²) in [7, 11) is 0. The van der Waals surface area contributed by atoms with Crippen molar-refractivity contribution in [3.05, 3.63) is 59.3 Å². The molecule has 1 aromatic carbocycles. The number of aromatic nitrogens is 2. The summed E-state index contributed by atoms with van der Waals surface area (Å²) in [5.41, 5.74) is 6.84. The molecule has 0 aliphatic rings. The molecule has 0 atom stereocenters. The quantitative estimate of drug-likeness (QED) is 0.564. The zero-order chi connectivity index (χ0) is 20.5. The van der Waals surface area contributed by atoms with Gasteiger partial charge in [-0.15, -0.1) is 0 Å². The first-order chi connectivity index (χ1) is 13.3. The largest absolute Gasteiger partial charge is 0.618 e. The number of rotatable bonds is 4. The molecule has 0 aliphatic carbocycles. The smallest absolute Gasteiger partial charge is 0.319 e. The van der Waals surface area contributed by atoms with Crippen LogP contribution in [0.4, 0.5) is 5.69 Å². The Morgan fingerprint density at radius 1 is 1.32 bits per heavy atom. The summed E-state index contributed by atoms with van der Waals surface area (Å²) in [6.07, 6.45) is 3.38. The number of carbonyl (C=O) groups is 1. The lowest BCUT2D eigenvalue weighted by Gasteiger charge is -2.13. The summed E-state index contributed by atoms with van der Waals surface area (Å²) in [6, 6.07) is 8.36. The number of nitrogen functional groups attached to an aromatic ring is 1. The van der Waals surface area contributed by atoms with Crippen LogP contribution >= 0.6 is 0 Å². The zero-order valence-corrected chi connectivity index (χ0v) is 13.7. The lowest BCUT2D eigenvalue weighted by molar-refractivity contribution is -0.605. The van der Waals surface area contributed by atoms with Crippen LogP contribution in [0.2, 0.25) is 0 Å². The Balaban J connectivity index is 2.25. The van der Waals surface area contributed by atoms with Gasteiger partial charge in [-0.3, -0.25) is 9.78 Å². The number of nitrogens with zero attached hydrogens (tertiary/aromatic N) is 2. The van der Waals surface area contributed by atoms with Gasteiger partial charge in [0.25, 0.3) is 0 Å². The number of nitrogens with one attached hydrogen (secondary N) is 1. The fraction of sp³-hybridized carbons (Fsp3) is 0.211. The van der Waals surface area contributed by atoms with Crippen LogP contribution in [0.15, 0.2) is 42.7 Å². The van der Waals surface area contributed by atoms with Crippen LogP contribution in [-0.4, -0.2) is 17.4 Å². The Labute approximate surface area is 150 Å². The van der Waals surface area contributed by atoms with E-state index in [4.69, 9.17) is 9.85 Å². The van der Waals surface area contributed by atoms with Crippen molar-refractivity contribution in [2.24, 2.45) is 0 Å². The third kappa shape index (κ3) is 2.98. The molecule has 6 nitrogen and oxygen atoms in total. The van der Waals surface area contributed by atoms with Crippen LogP contribution in [0.3, 0.4) is 0 Å². The minimum absolute atomic E-state index is 0.0438. The summed E-state index contributed by atoms with van der Waals surface area (Å²) in [4.78, 5) is 16.3. The van der Waals surface area contributed by atoms with Crippen LogP contribution in [0.1, 0.15) is 33.6 Å². The molecule has 0 aliphatic heterocycles. The van der Waals surface area contributed by atoms with E-state index in [-0.39, 0.29) is 17.1 Å². The second-order valence-corrected chi connectivity index (χ2v) is 5.64. The minimum atomic E-state index is -2.42. The van der Waals surface area contributed by atoms with Crippen molar-refractivity contribution in [1.29, 1.82) is 0 Å². The lowest BCUT2D eigenvalue weighted by atomic mass is 9.97. The Kier molecular flexibility index (Phi) is 3.56. The van der Waals surface area contributed by atoms with Gasteiger partial charge in [0, 0.05) is 33.5 Å². The number of amides is 1. The topological polar surface area (TPSA) is 94.9 Å². The number of hydrogen-bond acceptors (Lipinski definition) is 4. The maximum atomic E-state index is 12.6. The molecule has 0 radical (unpaired) electrons. The Morgan fingerprint density at radius 2 is 2.12 bits per heavy atom. The monoisotopic (exact) mass is 339 g/mol. The molecule has 3 N–H and O–H groups in total. The summed E-state index contributed by atoms with van der Waals surface area (Å²) < 4.78 is 23.6. The highest BCUT2D eigenvalue weighted by atomic mass is 16.5. The molecule has 3 rings (SSSR count). The molecule has 0 saturated heterocycles. The van der Waals surface area contributed by atoms with Gasteiger partial charge in [-0.1, -0.05) is 31.2 Å². The summed E-state index contributed by atoms with van der Waals surface area (Å²) >= 11 is 0. The van der Waals surface area contributed by atoms with Crippen molar-refractivity contribution in [2.45, 2.75) is 20.2 Å². The first kappa shape index (κ1) is 13.2. The fourth-order valence-corrected chi connectivity index (χ4v) is 2.77. The van der Waals surface area contributed by atoms with Gasteiger partial charge in [0.05, 0.1) is 5.39 Å². The van der Waals surface area contributed by atoms with Crippen LogP contribution in [-0.2, 0) is 0 Å². The van der Waals surface area contributed by atoms with E-state index in [0.29, 0.717) is 33.2 Å². The van der Waals surface area contributed by atoms with Crippen LogP contribution in [0, 0.1) is 12.1 Å². The van der Waals surface area contributed by atoms with E-state index in [1.54, 1.807) is 30.3 Å². The van der Waals surface area contributed by atoms with Gasteiger partial charge in [0.1, 0.15) is 5.69 Å². The third-order valence-corrected chi connectivity index (χ3v) is 3.97. The Morgan fingerprint density at radius 3 is 2.88 bits per heavy atom. The molecule has 6 heteroatoms. The van der Waals surface area contributed by atoms with Crippen LogP contribution < -0.4 is 15.8 Å². The number of fused-ring (bicyclic) bond motifs is 1. The number of anilines is 1. The first-order valence-electron chi connectivity index (χ1n) is 9.44. The maximum absolute atomic E-state index is 12.6. The van der Waals surface area contributed by atoms with Gasteiger partial charge in [-0.2, -0.15) is 4.73 Å². The molecule has 2 aromatic heterocycles. The van der Waals surface area contributed by atoms with Crippen LogP contribution in [0.25, 0.3) is 21.9 Å². The van der Waals surface area contributed by atoms with Crippen molar-refractivity contribution in [2.75, 3.05) is 12.3 Å². The van der Waals surface area contributed by atoms with Crippen LogP contribution in [0.5, 0.6) is 0 Å². The second kappa shape index (κ2) is 6.76. The first-order valence-corrected chi connectivity index (χ1v) is 7.94. The van der Waals surface area contributed by atoms with Gasteiger partial charge < -0.3 is 16.3 Å². The molecule has 0 unspecified atom stereocenters. The highest BCUT2D eigenvalue weighted by molar-refractivity contribution is 6.08. The Hall–Kier alpha value is -3.15. The van der Waals surface area contributed by atoms with Crippen molar-refractivity contribution < 1.29 is 13.6 Å². The van der Waals surface area contributed by atoms with E-state index in [2.05, 4.69) is 10.3 Å². The molecule has 0 spiro atoms. The molecule has 25 heavy (non-hydrogen) atoms. The summed E-state index contributed by atoms with van der Waals surface area (Å²) in [6.45, 7) is -0.0936.